The zero-order valence-electron chi connectivity index (χ0n) is 10.7. The molecule has 0 unspecified atom stereocenters. The minimum Gasteiger partial charge on any atom is -0.383 e. The van der Waals surface area contributed by atoms with Gasteiger partial charge in [-0.1, -0.05) is 37.6 Å². The SMILES string of the molecule is CC(C)C(=O)C(=CN(C)C)c1ccc(Cl)cc1. The van der Waals surface area contributed by atoms with Gasteiger partial charge in [0.25, 0.3) is 0 Å². The summed E-state index contributed by atoms with van der Waals surface area (Å²) in [6.45, 7) is 3.81. The predicted molar refractivity (Wildman–Crippen MR) is 73.0 cm³/mol. The van der Waals surface area contributed by atoms with Crippen molar-refractivity contribution < 1.29 is 4.79 Å². The number of carbonyl (C=O) groups is 1. The molecule has 0 aliphatic rings. The van der Waals surface area contributed by atoms with E-state index < -0.39 is 0 Å². The van der Waals surface area contributed by atoms with Crippen molar-refractivity contribution in [2.24, 2.45) is 5.92 Å². The van der Waals surface area contributed by atoms with Gasteiger partial charge in [-0.15, -0.1) is 0 Å². The van der Waals surface area contributed by atoms with Gasteiger partial charge in [0, 0.05) is 36.8 Å². The van der Waals surface area contributed by atoms with E-state index in [0.29, 0.717) is 5.02 Å². The molecule has 1 aromatic carbocycles. The Morgan fingerprint density at radius 1 is 1.24 bits per heavy atom. The Kier molecular flexibility index (Phi) is 4.76. The summed E-state index contributed by atoms with van der Waals surface area (Å²) in [5.41, 5.74) is 1.63. The first kappa shape index (κ1) is 13.8. The molecule has 17 heavy (non-hydrogen) atoms. The number of rotatable bonds is 4. The van der Waals surface area contributed by atoms with Crippen LogP contribution in [0.4, 0.5) is 0 Å². The van der Waals surface area contributed by atoms with Crippen molar-refractivity contribution in [1.29, 1.82) is 0 Å². The summed E-state index contributed by atoms with van der Waals surface area (Å²) in [5.74, 6) is 0.123. The molecule has 0 heterocycles. The van der Waals surface area contributed by atoms with Gasteiger partial charge < -0.3 is 4.90 Å². The average molecular weight is 252 g/mol. The highest BCUT2D eigenvalue weighted by Crippen LogP contribution is 2.21. The number of benzene rings is 1. The highest BCUT2D eigenvalue weighted by Gasteiger charge is 2.15. The van der Waals surface area contributed by atoms with Crippen LogP contribution in [0.3, 0.4) is 0 Å². The molecule has 92 valence electrons. The molecule has 0 spiro atoms. The molecule has 0 saturated carbocycles. The molecule has 2 nitrogen and oxygen atoms in total. The van der Waals surface area contributed by atoms with Crippen LogP contribution < -0.4 is 0 Å². The van der Waals surface area contributed by atoms with E-state index in [4.69, 9.17) is 11.6 Å². The van der Waals surface area contributed by atoms with Crippen LogP contribution in [0.2, 0.25) is 5.02 Å². The van der Waals surface area contributed by atoms with Crippen LogP contribution in [0.25, 0.3) is 5.57 Å². The van der Waals surface area contributed by atoms with Gasteiger partial charge in [-0.3, -0.25) is 4.79 Å². The fraction of sp³-hybridized carbons (Fsp3) is 0.357. The molecule has 0 N–H and O–H groups in total. The third kappa shape index (κ3) is 3.90. The molecule has 0 atom stereocenters. The first-order chi connectivity index (χ1) is 7.91. The second-order valence-corrected chi connectivity index (χ2v) is 4.97. The number of halogens is 1. The summed E-state index contributed by atoms with van der Waals surface area (Å²) in [5, 5.41) is 0.676. The second kappa shape index (κ2) is 5.87. The zero-order valence-corrected chi connectivity index (χ0v) is 11.5. The van der Waals surface area contributed by atoms with E-state index in [1.807, 2.05) is 51.2 Å². The Labute approximate surface area is 108 Å². The summed E-state index contributed by atoms with van der Waals surface area (Å²) in [6.07, 6.45) is 1.85. The van der Waals surface area contributed by atoms with Gasteiger partial charge in [0.05, 0.1) is 0 Å². The molecule has 0 amide bonds. The summed E-state index contributed by atoms with van der Waals surface area (Å²) < 4.78 is 0. The first-order valence-corrected chi connectivity index (χ1v) is 5.98. The maximum Gasteiger partial charge on any atom is 0.167 e. The van der Waals surface area contributed by atoms with E-state index in [2.05, 4.69) is 0 Å². The van der Waals surface area contributed by atoms with Gasteiger partial charge >= 0.3 is 0 Å². The lowest BCUT2D eigenvalue weighted by molar-refractivity contribution is -0.116. The lowest BCUT2D eigenvalue weighted by atomic mass is 9.95. The number of hydrogen-bond acceptors (Lipinski definition) is 2. The second-order valence-electron chi connectivity index (χ2n) is 4.53. The van der Waals surface area contributed by atoms with Crippen LogP contribution in [0.5, 0.6) is 0 Å². The fourth-order valence-corrected chi connectivity index (χ4v) is 1.61. The molecule has 1 rings (SSSR count). The van der Waals surface area contributed by atoms with Crippen molar-refractivity contribution >= 4 is 23.0 Å². The van der Waals surface area contributed by atoms with Crippen LogP contribution in [0.1, 0.15) is 19.4 Å². The maximum absolute atomic E-state index is 12.1. The fourth-order valence-electron chi connectivity index (χ4n) is 1.48. The van der Waals surface area contributed by atoms with E-state index >= 15 is 0 Å². The summed E-state index contributed by atoms with van der Waals surface area (Å²) in [4.78, 5) is 14.0. The molecular weight excluding hydrogens is 234 g/mol. The number of Topliss-reactive ketones (excluding diaryl/α,β-unsaturated/α-hetero) is 1. The van der Waals surface area contributed by atoms with Gasteiger partial charge in [0.15, 0.2) is 5.78 Å². The molecule has 0 saturated heterocycles. The van der Waals surface area contributed by atoms with Crippen molar-refractivity contribution in [2.45, 2.75) is 13.8 Å². The quantitative estimate of drug-likeness (QED) is 0.764. The van der Waals surface area contributed by atoms with Gasteiger partial charge in [-0.05, 0) is 17.7 Å². The van der Waals surface area contributed by atoms with Crippen molar-refractivity contribution in [3.63, 3.8) is 0 Å². The summed E-state index contributed by atoms with van der Waals surface area (Å²) in [7, 11) is 3.81. The molecule has 0 bridgehead atoms. The topological polar surface area (TPSA) is 20.3 Å². The van der Waals surface area contributed by atoms with Crippen molar-refractivity contribution in [2.75, 3.05) is 14.1 Å². The standard InChI is InChI=1S/C14H18ClNO/c1-10(2)14(17)13(9-16(3)4)11-5-7-12(15)8-6-11/h5-10H,1-4H3. The Balaban J connectivity index is 3.16. The predicted octanol–water partition coefficient (Wildman–Crippen LogP) is 3.47. The number of carbonyl (C=O) groups excluding carboxylic acids is 1. The largest absolute Gasteiger partial charge is 0.383 e. The van der Waals surface area contributed by atoms with Crippen LogP contribution in [-0.4, -0.2) is 24.8 Å². The number of allylic oxidation sites excluding steroid dienone is 1. The third-order valence-electron chi connectivity index (χ3n) is 2.33. The Bertz CT molecular complexity index is 418. The van der Waals surface area contributed by atoms with Gasteiger partial charge in [-0.25, -0.2) is 0 Å². The van der Waals surface area contributed by atoms with E-state index in [1.165, 1.54) is 0 Å². The van der Waals surface area contributed by atoms with Crippen LogP contribution in [0, 0.1) is 5.92 Å². The number of hydrogen-bond donors (Lipinski definition) is 0. The van der Waals surface area contributed by atoms with E-state index in [1.54, 1.807) is 12.1 Å². The van der Waals surface area contributed by atoms with E-state index in [-0.39, 0.29) is 11.7 Å². The zero-order chi connectivity index (χ0) is 13.0. The van der Waals surface area contributed by atoms with Gasteiger partial charge in [-0.2, -0.15) is 0 Å². The van der Waals surface area contributed by atoms with Crippen molar-refractivity contribution in [1.82, 2.24) is 4.90 Å². The molecule has 0 aliphatic carbocycles. The lowest BCUT2D eigenvalue weighted by Crippen LogP contribution is -2.13. The summed E-state index contributed by atoms with van der Waals surface area (Å²) in [6, 6.07) is 7.35. The summed E-state index contributed by atoms with van der Waals surface area (Å²) >= 11 is 5.85. The van der Waals surface area contributed by atoms with Crippen LogP contribution in [-0.2, 0) is 4.79 Å². The van der Waals surface area contributed by atoms with Crippen molar-refractivity contribution in [3.05, 3.63) is 41.1 Å². The highest BCUT2D eigenvalue weighted by atomic mass is 35.5. The smallest absolute Gasteiger partial charge is 0.167 e. The molecule has 0 radical (unpaired) electrons. The van der Waals surface area contributed by atoms with Gasteiger partial charge in [0.2, 0.25) is 0 Å². The number of nitrogens with zero attached hydrogens (tertiary/aromatic N) is 1. The van der Waals surface area contributed by atoms with E-state index in [0.717, 1.165) is 11.1 Å². The normalized spacial score (nSPS) is 11.8. The minimum atomic E-state index is -0.0168. The number of ketones is 1. The molecule has 0 aliphatic heterocycles. The Hall–Kier alpha value is -1.28. The Morgan fingerprint density at radius 2 is 1.76 bits per heavy atom. The van der Waals surface area contributed by atoms with Crippen LogP contribution in [0.15, 0.2) is 30.5 Å². The highest BCUT2D eigenvalue weighted by molar-refractivity contribution is 6.30. The Morgan fingerprint density at radius 3 is 2.18 bits per heavy atom. The van der Waals surface area contributed by atoms with Gasteiger partial charge in [0.1, 0.15) is 0 Å². The molecule has 0 fully saturated rings. The first-order valence-electron chi connectivity index (χ1n) is 5.60. The van der Waals surface area contributed by atoms with Crippen LogP contribution >= 0.6 is 11.6 Å². The molecule has 1 aromatic rings. The molecular formula is C14H18ClNO. The monoisotopic (exact) mass is 251 g/mol. The van der Waals surface area contributed by atoms with E-state index in [9.17, 15) is 4.79 Å². The van der Waals surface area contributed by atoms with Crippen molar-refractivity contribution in [3.8, 4) is 0 Å². The molecule has 3 heteroatoms. The third-order valence-corrected chi connectivity index (χ3v) is 2.58. The molecule has 0 aromatic heterocycles. The lowest BCUT2D eigenvalue weighted by Gasteiger charge is -2.13. The average Bonchev–Trinajstić information content (AvgIpc) is 2.26. The maximum atomic E-state index is 12.1. The minimum absolute atomic E-state index is 0.0168.